The molecule has 2 aromatic carbocycles. The van der Waals surface area contributed by atoms with Crippen molar-refractivity contribution in [3.8, 4) is 17.2 Å². The summed E-state index contributed by atoms with van der Waals surface area (Å²) in [5, 5.41) is 2.85. The molecule has 24 heavy (non-hydrogen) atoms. The molecule has 1 N–H and O–H groups in total. The van der Waals surface area contributed by atoms with Crippen molar-refractivity contribution in [3.63, 3.8) is 0 Å². The fraction of sp³-hybridized carbons (Fsp3) is 0.316. The second-order valence-corrected chi connectivity index (χ2v) is 5.23. The molecule has 1 amide bonds. The van der Waals surface area contributed by atoms with Crippen molar-refractivity contribution in [3.05, 3.63) is 54.1 Å². The van der Waals surface area contributed by atoms with E-state index in [0.29, 0.717) is 18.0 Å². The van der Waals surface area contributed by atoms with Crippen LogP contribution in [0.4, 0.5) is 0 Å². The van der Waals surface area contributed by atoms with Gasteiger partial charge in [-0.05, 0) is 36.6 Å². The van der Waals surface area contributed by atoms with E-state index < -0.39 is 0 Å². The summed E-state index contributed by atoms with van der Waals surface area (Å²) in [5.41, 5.74) is 1.14. The van der Waals surface area contributed by atoms with E-state index in [4.69, 9.17) is 14.2 Å². The number of rotatable bonds is 9. The zero-order chi connectivity index (χ0) is 17.2. The zero-order valence-corrected chi connectivity index (χ0v) is 14.1. The maximum absolute atomic E-state index is 11.8. The molecule has 0 atom stereocenters. The summed E-state index contributed by atoms with van der Waals surface area (Å²) in [5.74, 6) is 2.05. The highest BCUT2D eigenvalue weighted by Gasteiger charge is 2.05. The van der Waals surface area contributed by atoms with Crippen LogP contribution in [0, 0.1) is 0 Å². The molecule has 0 heterocycles. The Kier molecular flexibility index (Phi) is 6.95. The van der Waals surface area contributed by atoms with E-state index >= 15 is 0 Å². The number of amides is 1. The second kappa shape index (κ2) is 9.45. The number of methoxy groups -OCH3 is 2. The van der Waals surface area contributed by atoms with Gasteiger partial charge in [0.05, 0.1) is 14.2 Å². The van der Waals surface area contributed by atoms with Crippen molar-refractivity contribution in [2.45, 2.75) is 12.8 Å². The SMILES string of the molecule is COc1cccc(OCC(=O)NCCCc2ccccc2OC)c1. The molecule has 0 aliphatic rings. The number of para-hydroxylation sites is 1. The highest BCUT2D eigenvalue weighted by molar-refractivity contribution is 5.77. The van der Waals surface area contributed by atoms with Crippen molar-refractivity contribution < 1.29 is 19.0 Å². The Morgan fingerprint density at radius 1 is 1.00 bits per heavy atom. The standard InChI is InChI=1S/C19H23NO4/c1-22-16-9-5-10-17(13-16)24-14-19(21)20-12-6-8-15-7-3-4-11-18(15)23-2/h3-5,7,9-11,13H,6,8,12,14H2,1-2H3,(H,20,21). The van der Waals surface area contributed by atoms with Crippen molar-refractivity contribution in [1.29, 1.82) is 0 Å². The molecule has 0 spiro atoms. The molecule has 2 aromatic rings. The van der Waals surface area contributed by atoms with Gasteiger partial charge >= 0.3 is 0 Å². The van der Waals surface area contributed by atoms with Crippen molar-refractivity contribution in [2.24, 2.45) is 0 Å². The number of carbonyl (C=O) groups is 1. The fourth-order valence-electron chi connectivity index (χ4n) is 2.31. The number of nitrogens with one attached hydrogen (secondary N) is 1. The van der Waals surface area contributed by atoms with E-state index in [2.05, 4.69) is 5.32 Å². The van der Waals surface area contributed by atoms with Crippen LogP contribution in [0.5, 0.6) is 17.2 Å². The van der Waals surface area contributed by atoms with Gasteiger partial charge in [-0.2, -0.15) is 0 Å². The van der Waals surface area contributed by atoms with Gasteiger partial charge in [0, 0.05) is 12.6 Å². The van der Waals surface area contributed by atoms with Crippen molar-refractivity contribution in [2.75, 3.05) is 27.4 Å². The minimum atomic E-state index is -0.141. The molecule has 0 unspecified atom stereocenters. The van der Waals surface area contributed by atoms with Crippen LogP contribution in [0.1, 0.15) is 12.0 Å². The van der Waals surface area contributed by atoms with Crippen LogP contribution in [0.25, 0.3) is 0 Å². The maximum Gasteiger partial charge on any atom is 0.257 e. The lowest BCUT2D eigenvalue weighted by molar-refractivity contribution is -0.123. The molecule has 2 rings (SSSR count). The molecular formula is C19H23NO4. The molecule has 0 bridgehead atoms. The van der Waals surface area contributed by atoms with Gasteiger partial charge in [0.25, 0.3) is 5.91 Å². The van der Waals surface area contributed by atoms with Gasteiger partial charge in [0.1, 0.15) is 17.2 Å². The lowest BCUT2D eigenvalue weighted by Crippen LogP contribution is -2.29. The van der Waals surface area contributed by atoms with Crippen molar-refractivity contribution in [1.82, 2.24) is 5.32 Å². The number of hydrogen-bond acceptors (Lipinski definition) is 4. The number of ether oxygens (including phenoxy) is 3. The predicted octanol–water partition coefficient (Wildman–Crippen LogP) is 2.83. The number of hydrogen-bond donors (Lipinski definition) is 1. The Morgan fingerprint density at radius 2 is 1.79 bits per heavy atom. The Morgan fingerprint density at radius 3 is 2.58 bits per heavy atom. The Bertz CT molecular complexity index is 657. The fourth-order valence-corrected chi connectivity index (χ4v) is 2.31. The molecule has 0 radical (unpaired) electrons. The van der Waals surface area contributed by atoms with Crippen LogP contribution in [0.15, 0.2) is 48.5 Å². The topological polar surface area (TPSA) is 56.8 Å². The van der Waals surface area contributed by atoms with Crippen LogP contribution in [0.3, 0.4) is 0 Å². The highest BCUT2D eigenvalue weighted by atomic mass is 16.5. The van der Waals surface area contributed by atoms with Crippen LogP contribution < -0.4 is 19.5 Å². The zero-order valence-electron chi connectivity index (χ0n) is 14.1. The predicted molar refractivity (Wildman–Crippen MR) is 92.8 cm³/mol. The number of benzene rings is 2. The van der Waals surface area contributed by atoms with E-state index in [1.54, 1.807) is 26.4 Å². The van der Waals surface area contributed by atoms with Crippen molar-refractivity contribution >= 4 is 5.91 Å². The van der Waals surface area contributed by atoms with Gasteiger partial charge in [0.2, 0.25) is 0 Å². The molecule has 128 valence electrons. The Labute approximate surface area is 142 Å². The Hall–Kier alpha value is -2.69. The number of carbonyl (C=O) groups excluding carboxylic acids is 1. The van der Waals surface area contributed by atoms with Gasteiger partial charge in [-0.15, -0.1) is 0 Å². The van der Waals surface area contributed by atoms with E-state index in [9.17, 15) is 4.79 Å². The smallest absolute Gasteiger partial charge is 0.257 e. The normalized spacial score (nSPS) is 10.1. The monoisotopic (exact) mass is 329 g/mol. The minimum Gasteiger partial charge on any atom is -0.497 e. The first-order valence-corrected chi connectivity index (χ1v) is 7.88. The van der Waals surface area contributed by atoms with Gasteiger partial charge in [-0.3, -0.25) is 4.79 Å². The Balaban J connectivity index is 1.68. The molecule has 0 aliphatic carbocycles. The summed E-state index contributed by atoms with van der Waals surface area (Å²) in [6.07, 6.45) is 1.69. The van der Waals surface area contributed by atoms with Gasteiger partial charge in [-0.1, -0.05) is 24.3 Å². The molecule has 0 saturated heterocycles. The summed E-state index contributed by atoms with van der Waals surface area (Å²) in [6, 6.07) is 15.1. The second-order valence-electron chi connectivity index (χ2n) is 5.23. The van der Waals surface area contributed by atoms with Crippen LogP contribution in [0.2, 0.25) is 0 Å². The summed E-state index contributed by atoms with van der Waals surface area (Å²) < 4.78 is 15.9. The first kappa shape index (κ1) is 17.7. The van der Waals surface area contributed by atoms with E-state index in [-0.39, 0.29) is 12.5 Å². The highest BCUT2D eigenvalue weighted by Crippen LogP contribution is 2.19. The molecule has 0 aromatic heterocycles. The summed E-state index contributed by atoms with van der Waals surface area (Å²) in [6.45, 7) is 0.584. The van der Waals surface area contributed by atoms with Crippen LogP contribution in [-0.4, -0.2) is 33.3 Å². The van der Waals surface area contributed by atoms with Crippen LogP contribution >= 0.6 is 0 Å². The summed E-state index contributed by atoms with van der Waals surface area (Å²) in [7, 11) is 3.25. The quantitative estimate of drug-likeness (QED) is 0.719. The first-order chi connectivity index (χ1) is 11.7. The molecule has 0 aliphatic heterocycles. The third-order valence-electron chi connectivity index (χ3n) is 3.55. The molecule has 5 heteroatoms. The first-order valence-electron chi connectivity index (χ1n) is 7.88. The molecule has 5 nitrogen and oxygen atoms in total. The van der Waals surface area contributed by atoms with Gasteiger partial charge in [0.15, 0.2) is 6.61 Å². The maximum atomic E-state index is 11.8. The summed E-state index contributed by atoms with van der Waals surface area (Å²) >= 11 is 0. The molecule has 0 fully saturated rings. The average Bonchev–Trinajstić information content (AvgIpc) is 2.64. The largest absolute Gasteiger partial charge is 0.497 e. The van der Waals surface area contributed by atoms with E-state index in [0.717, 1.165) is 24.2 Å². The lowest BCUT2D eigenvalue weighted by Gasteiger charge is -2.10. The third-order valence-corrected chi connectivity index (χ3v) is 3.55. The van der Waals surface area contributed by atoms with Gasteiger partial charge in [-0.25, -0.2) is 0 Å². The molecular weight excluding hydrogens is 306 g/mol. The molecule has 0 saturated carbocycles. The van der Waals surface area contributed by atoms with Gasteiger partial charge < -0.3 is 19.5 Å². The van der Waals surface area contributed by atoms with E-state index in [1.807, 2.05) is 36.4 Å². The lowest BCUT2D eigenvalue weighted by atomic mass is 10.1. The third kappa shape index (κ3) is 5.50. The summed E-state index contributed by atoms with van der Waals surface area (Å²) in [4.78, 5) is 11.8. The minimum absolute atomic E-state index is 0.0121. The average molecular weight is 329 g/mol. The van der Waals surface area contributed by atoms with E-state index in [1.165, 1.54) is 0 Å². The van der Waals surface area contributed by atoms with Crippen LogP contribution in [-0.2, 0) is 11.2 Å². The number of aryl methyl sites for hydroxylation is 1.